The molecule has 0 radical (unpaired) electrons. The van der Waals surface area contributed by atoms with Crippen molar-refractivity contribution in [1.29, 1.82) is 0 Å². The van der Waals surface area contributed by atoms with Crippen LogP contribution in [0.1, 0.15) is 39.0 Å². The van der Waals surface area contributed by atoms with Crippen LogP contribution in [-0.2, 0) is 0 Å². The van der Waals surface area contributed by atoms with Crippen molar-refractivity contribution >= 4 is 8.07 Å². The monoisotopic (exact) mass is 196 g/mol. The zero-order chi connectivity index (χ0) is 9.90. The van der Waals surface area contributed by atoms with E-state index in [2.05, 4.69) is 32.6 Å². The first-order chi connectivity index (χ1) is 6.05. The molecule has 0 spiro atoms. The van der Waals surface area contributed by atoms with Crippen molar-refractivity contribution < 1.29 is 0 Å². The van der Waals surface area contributed by atoms with Gasteiger partial charge in [0.25, 0.3) is 0 Å². The van der Waals surface area contributed by atoms with Gasteiger partial charge in [-0.25, -0.2) is 0 Å². The Balaban J connectivity index is 2.66. The van der Waals surface area contributed by atoms with Gasteiger partial charge in [0.1, 0.15) is 0 Å². The van der Waals surface area contributed by atoms with Crippen LogP contribution in [0, 0.1) is 5.92 Å². The Hall–Kier alpha value is -0.0431. The second-order valence-corrected chi connectivity index (χ2v) is 10.4. The van der Waals surface area contributed by atoms with Gasteiger partial charge in [-0.1, -0.05) is 50.2 Å². The average molecular weight is 196 g/mol. The molecule has 1 fully saturated rings. The van der Waals surface area contributed by atoms with Gasteiger partial charge < -0.3 is 0 Å². The SMILES string of the molecule is C/C=C(\C1CCCCC1)[Si](C)(C)C. The molecule has 1 heteroatoms. The van der Waals surface area contributed by atoms with E-state index in [9.17, 15) is 0 Å². The van der Waals surface area contributed by atoms with Gasteiger partial charge in [0.2, 0.25) is 0 Å². The fourth-order valence-electron chi connectivity index (χ4n) is 2.69. The van der Waals surface area contributed by atoms with Gasteiger partial charge >= 0.3 is 0 Å². The highest BCUT2D eigenvalue weighted by Gasteiger charge is 2.26. The molecule has 1 rings (SSSR count). The number of hydrogen-bond acceptors (Lipinski definition) is 0. The highest BCUT2D eigenvalue weighted by Crippen LogP contribution is 2.34. The Morgan fingerprint density at radius 2 is 1.62 bits per heavy atom. The highest BCUT2D eigenvalue weighted by molar-refractivity contribution is 6.83. The molecule has 0 heterocycles. The quantitative estimate of drug-likeness (QED) is 0.575. The molecule has 0 aromatic rings. The molecule has 0 aliphatic heterocycles. The largest absolute Gasteiger partial charge is 0.0920 e. The van der Waals surface area contributed by atoms with E-state index in [4.69, 9.17) is 0 Å². The lowest BCUT2D eigenvalue weighted by Crippen LogP contribution is -2.30. The van der Waals surface area contributed by atoms with Gasteiger partial charge in [-0.05, 0) is 25.7 Å². The zero-order valence-corrected chi connectivity index (χ0v) is 10.7. The van der Waals surface area contributed by atoms with Crippen molar-refractivity contribution in [2.45, 2.75) is 58.7 Å². The minimum atomic E-state index is -1.01. The van der Waals surface area contributed by atoms with Crippen LogP contribution < -0.4 is 0 Å². The van der Waals surface area contributed by atoms with Crippen molar-refractivity contribution in [1.82, 2.24) is 0 Å². The molecule has 0 N–H and O–H groups in total. The highest BCUT2D eigenvalue weighted by atomic mass is 28.3. The van der Waals surface area contributed by atoms with E-state index in [0.717, 1.165) is 5.92 Å². The average Bonchev–Trinajstić information content (AvgIpc) is 2.05. The Morgan fingerprint density at radius 3 is 2.00 bits per heavy atom. The minimum Gasteiger partial charge on any atom is -0.0920 e. The standard InChI is InChI=1S/C12H24Si/c1-5-12(13(2,3)4)11-9-7-6-8-10-11/h5,11H,6-10H2,1-4H3/b12-5+. The Kier molecular flexibility index (Phi) is 3.78. The topological polar surface area (TPSA) is 0 Å². The molecule has 1 aliphatic rings. The van der Waals surface area contributed by atoms with E-state index in [1.165, 1.54) is 32.1 Å². The van der Waals surface area contributed by atoms with Crippen molar-refractivity contribution in [3.8, 4) is 0 Å². The van der Waals surface area contributed by atoms with Gasteiger partial charge in [-0.15, -0.1) is 0 Å². The van der Waals surface area contributed by atoms with E-state index in [0.29, 0.717) is 0 Å². The first-order valence-electron chi connectivity index (χ1n) is 5.72. The van der Waals surface area contributed by atoms with Gasteiger partial charge in [0.05, 0.1) is 8.07 Å². The lowest BCUT2D eigenvalue weighted by atomic mass is 9.89. The van der Waals surface area contributed by atoms with Crippen LogP contribution >= 0.6 is 0 Å². The van der Waals surface area contributed by atoms with Crippen LogP contribution in [0.4, 0.5) is 0 Å². The van der Waals surface area contributed by atoms with Crippen LogP contribution in [0.2, 0.25) is 19.6 Å². The van der Waals surface area contributed by atoms with Crippen LogP contribution in [0.25, 0.3) is 0 Å². The first-order valence-corrected chi connectivity index (χ1v) is 9.22. The van der Waals surface area contributed by atoms with Gasteiger partial charge in [-0.2, -0.15) is 0 Å². The zero-order valence-electron chi connectivity index (χ0n) is 9.69. The molecule has 0 aromatic heterocycles. The van der Waals surface area contributed by atoms with E-state index < -0.39 is 8.07 Å². The normalized spacial score (nSPS) is 22.0. The summed E-state index contributed by atoms with van der Waals surface area (Å²) in [5.41, 5.74) is 0. The molecular formula is C12H24Si. The molecule has 0 atom stereocenters. The molecule has 0 saturated heterocycles. The Labute approximate surface area is 84.4 Å². The number of allylic oxidation sites excluding steroid dienone is 2. The third kappa shape index (κ3) is 2.98. The van der Waals surface area contributed by atoms with E-state index in [1.54, 1.807) is 0 Å². The van der Waals surface area contributed by atoms with Gasteiger partial charge in [-0.3, -0.25) is 0 Å². The van der Waals surface area contributed by atoms with Crippen LogP contribution in [0.5, 0.6) is 0 Å². The smallest absolute Gasteiger partial charge is 0.0723 e. The summed E-state index contributed by atoms with van der Waals surface area (Å²) in [5, 5.41) is 1.83. The van der Waals surface area contributed by atoms with E-state index in [-0.39, 0.29) is 0 Å². The van der Waals surface area contributed by atoms with E-state index >= 15 is 0 Å². The van der Waals surface area contributed by atoms with Crippen LogP contribution in [0.3, 0.4) is 0 Å². The summed E-state index contributed by atoms with van der Waals surface area (Å²) in [6.07, 6.45) is 9.74. The van der Waals surface area contributed by atoms with Crippen molar-refractivity contribution in [3.63, 3.8) is 0 Å². The van der Waals surface area contributed by atoms with Crippen molar-refractivity contribution in [3.05, 3.63) is 11.3 Å². The second kappa shape index (κ2) is 4.45. The number of rotatable bonds is 2. The summed E-state index contributed by atoms with van der Waals surface area (Å²) in [7, 11) is -1.01. The summed E-state index contributed by atoms with van der Waals surface area (Å²) in [5.74, 6) is 0.949. The first kappa shape index (κ1) is 11.0. The van der Waals surface area contributed by atoms with Crippen LogP contribution in [-0.4, -0.2) is 8.07 Å². The van der Waals surface area contributed by atoms with Gasteiger partial charge in [0, 0.05) is 0 Å². The van der Waals surface area contributed by atoms with Gasteiger partial charge in [0.15, 0.2) is 0 Å². The molecular weight excluding hydrogens is 172 g/mol. The molecule has 1 saturated carbocycles. The summed E-state index contributed by atoms with van der Waals surface area (Å²) in [6, 6.07) is 0. The predicted octanol–water partition coefficient (Wildman–Crippen LogP) is 4.39. The molecule has 76 valence electrons. The minimum absolute atomic E-state index is 0.949. The Morgan fingerprint density at radius 1 is 1.08 bits per heavy atom. The fourth-order valence-corrected chi connectivity index (χ4v) is 5.07. The molecule has 0 nitrogen and oxygen atoms in total. The molecule has 0 unspecified atom stereocenters. The van der Waals surface area contributed by atoms with Crippen molar-refractivity contribution in [2.75, 3.05) is 0 Å². The maximum Gasteiger partial charge on any atom is 0.0723 e. The third-order valence-electron chi connectivity index (χ3n) is 3.22. The summed E-state index contributed by atoms with van der Waals surface area (Å²) in [6.45, 7) is 9.69. The summed E-state index contributed by atoms with van der Waals surface area (Å²) < 4.78 is 0. The maximum atomic E-state index is 2.48. The molecule has 13 heavy (non-hydrogen) atoms. The van der Waals surface area contributed by atoms with Crippen LogP contribution in [0.15, 0.2) is 11.3 Å². The lowest BCUT2D eigenvalue weighted by Gasteiger charge is -2.31. The summed E-state index contributed by atoms with van der Waals surface area (Å²) in [4.78, 5) is 0. The molecule has 0 aromatic carbocycles. The summed E-state index contributed by atoms with van der Waals surface area (Å²) >= 11 is 0. The predicted molar refractivity (Wildman–Crippen MR) is 63.7 cm³/mol. The van der Waals surface area contributed by atoms with E-state index in [1.807, 2.05) is 5.20 Å². The Bertz CT molecular complexity index is 180. The molecule has 1 aliphatic carbocycles. The number of hydrogen-bond donors (Lipinski definition) is 0. The molecule has 0 amide bonds. The fraction of sp³-hybridized carbons (Fsp3) is 0.833. The lowest BCUT2D eigenvalue weighted by molar-refractivity contribution is 0.411. The van der Waals surface area contributed by atoms with Crippen molar-refractivity contribution in [2.24, 2.45) is 5.92 Å². The third-order valence-corrected chi connectivity index (χ3v) is 5.65. The second-order valence-electron chi connectivity index (χ2n) is 5.33. The maximum absolute atomic E-state index is 2.48. The molecule has 0 bridgehead atoms.